The molecule has 100 valence electrons. The van der Waals surface area contributed by atoms with Crippen LogP contribution in [0.4, 0.5) is 0 Å². The quantitative estimate of drug-likeness (QED) is 0.862. The lowest BCUT2D eigenvalue weighted by Crippen LogP contribution is -2.30. The highest BCUT2D eigenvalue weighted by Crippen LogP contribution is 2.29. The molecule has 1 aliphatic rings. The minimum absolute atomic E-state index is 0.111. The Hall–Kier alpha value is -0.940. The van der Waals surface area contributed by atoms with Gasteiger partial charge >= 0.3 is 5.97 Å². The summed E-state index contributed by atoms with van der Waals surface area (Å²) in [4.78, 5) is 16.2. The fourth-order valence-corrected chi connectivity index (χ4v) is 3.15. The van der Waals surface area contributed by atoms with E-state index in [1.165, 1.54) is 4.88 Å². The van der Waals surface area contributed by atoms with Crippen molar-refractivity contribution in [1.82, 2.24) is 10.3 Å². The highest BCUT2D eigenvalue weighted by atomic mass is 32.1. The topological polar surface area (TPSA) is 62.2 Å². The fraction of sp³-hybridized carbons (Fsp3) is 0.692. The van der Waals surface area contributed by atoms with Crippen molar-refractivity contribution < 1.29 is 9.90 Å². The van der Waals surface area contributed by atoms with Gasteiger partial charge in [0, 0.05) is 17.1 Å². The predicted molar refractivity (Wildman–Crippen MR) is 71.6 cm³/mol. The smallest absolute Gasteiger partial charge is 0.306 e. The lowest BCUT2D eigenvalue weighted by atomic mass is 9.82. The van der Waals surface area contributed by atoms with Crippen LogP contribution in [-0.2, 0) is 4.79 Å². The highest BCUT2D eigenvalue weighted by Gasteiger charge is 2.25. The van der Waals surface area contributed by atoms with Crippen LogP contribution in [0.25, 0.3) is 0 Å². The average molecular weight is 268 g/mol. The van der Waals surface area contributed by atoms with E-state index >= 15 is 0 Å². The van der Waals surface area contributed by atoms with Gasteiger partial charge in [-0.2, -0.15) is 0 Å². The van der Waals surface area contributed by atoms with E-state index in [1.807, 2.05) is 11.7 Å². The van der Waals surface area contributed by atoms with Gasteiger partial charge in [0.25, 0.3) is 0 Å². The Labute approximate surface area is 111 Å². The van der Waals surface area contributed by atoms with Gasteiger partial charge in [0.2, 0.25) is 0 Å². The summed E-state index contributed by atoms with van der Waals surface area (Å²) in [7, 11) is 0. The Bertz CT molecular complexity index is 372. The van der Waals surface area contributed by atoms with Crippen molar-refractivity contribution in [2.75, 3.05) is 6.54 Å². The van der Waals surface area contributed by atoms with Gasteiger partial charge in [-0.25, -0.2) is 0 Å². The van der Waals surface area contributed by atoms with Gasteiger partial charge < -0.3 is 10.4 Å². The molecule has 1 aliphatic carbocycles. The molecule has 1 aromatic heterocycles. The lowest BCUT2D eigenvalue weighted by molar-refractivity contribution is -0.143. The summed E-state index contributed by atoms with van der Waals surface area (Å²) >= 11 is 1.67. The van der Waals surface area contributed by atoms with Crippen molar-refractivity contribution in [2.45, 2.75) is 38.6 Å². The van der Waals surface area contributed by atoms with Gasteiger partial charge in [-0.3, -0.25) is 9.78 Å². The molecule has 1 fully saturated rings. The van der Waals surface area contributed by atoms with Crippen LogP contribution in [0.5, 0.6) is 0 Å². The second-order valence-electron chi connectivity index (χ2n) is 5.09. The third-order valence-electron chi connectivity index (χ3n) is 3.79. The van der Waals surface area contributed by atoms with Crippen LogP contribution in [0.1, 0.15) is 43.5 Å². The largest absolute Gasteiger partial charge is 0.481 e. The summed E-state index contributed by atoms with van der Waals surface area (Å²) in [6.07, 6.45) is 5.62. The molecule has 1 heterocycles. The molecule has 0 bridgehead atoms. The van der Waals surface area contributed by atoms with Crippen LogP contribution in [0.2, 0.25) is 0 Å². The normalized spacial score (nSPS) is 25.8. The van der Waals surface area contributed by atoms with E-state index in [1.54, 1.807) is 11.3 Å². The van der Waals surface area contributed by atoms with E-state index in [-0.39, 0.29) is 5.92 Å². The first-order valence-corrected chi connectivity index (χ1v) is 7.39. The number of nitrogens with zero attached hydrogens (tertiary/aromatic N) is 1. The van der Waals surface area contributed by atoms with Crippen LogP contribution in [0, 0.1) is 11.8 Å². The molecule has 0 aromatic carbocycles. The molecule has 1 saturated carbocycles. The Balaban J connectivity index is 1.71. The molecule has 4 nitrogen and oxygen atoms in total. The second kappa shape index (κ2) is 6.29. The number of carboxylic acid groups (broad SMARTS) is 1. The molecule has 0 amide bonds. The van der Waals surface area contributed by atoms with Crippen molar-refractivity contribution in [3.05, 3.63) is 16.6 Å². The van der Waals surface area contributed by atoms with E-state index < -0.39 is 5.97 Å². The molecule has 1 aromatic rings. The second-order valence-corrected chi connectivity index (χ2v) is 6.01. The Morgan fingerprint density at radius 2 is 2.28 bits per heavy atom. The molecule has 0 aliphatic heterocycles. The summed E-state index contributed by atoms with van der Waals surface area (Å²) in [5.41, 5.74) is 1.85. The molecule has 18 heavy (non-hydrogen) atoms. The van der Waals surface area contributed by atoms with Crippen LogP contribution >= 0.6 is 11.3 Å². The van der Waals surface area contributed by atoms with E-state index in [4.69, 9.17) is 5.11 Å². The third-order valence-corrected chi connectivity index (χ3v) is 4.75. The molecule has 0 saturated heterocycles. The molecule has 5 heteroatoms. The van der Waals surface area contributed by atoms with Gasteiger partial charge in [0.15, 0.2) is 0 Å². The summed E-state index contributed by atoms with van der Waals surface area (Å²) in [6.45, 7) is 3.13. The maximum atomic E-state index is 10.9. The number of carboxylic acids is 1. The van der Waals surface area contributed by atoms with Crippen molar-refractivity contribution in [3.63, 3.8) is 0 Å². The first kappa shape index (κ1) is 13.5. The zero-order chi connectivity index (χ0) is 13.0. The van der Waals surface area contributed by atoms with E-state index in [2.05, 4.69) is 17.2 Å². The molecule has 1 unspecified atom stereocenters. The van der Waals surface area contributed by atoms with Crippen LogP contribution in [0.3, 0.4) is 0 Å². The maximum Gasteiger partial charge on any atom is 0.306 e. The van der Waals surface area contributed by atoms with Gasteiger partial charge in [-0.15, -0.1) is 11.3 Å². The highest BCUT2D eigenvalue weighted by molar-refractivity contribution is 7.09. The summed E-state index contributed by atoms with van der Waals surface area (Å²) < 4.78 is 0. The number of carbonyl (C=O) groups is 1. The SMILES string of the molecule is CC(NCC1CCC(C(=O)O)CC1)c1cncs1. The van der Waals surface area contributed by atoms with E-state index in [9.17, 15) is 4.79 Å². The molecule has 0 spiro atoms. The van der Waals surface area contributed by atoms with Crippen LogP contribution in [0.15, 0.2) is 11.7 Å². The number of aliphatic carboxylic acids is 1. The molecule has 0 radical (unpaired) electrons. The summed E-state index contributed by atoms with van der Waals surface area (Å²) in [5, 5.41) is 12.5. The van der Waals surface area contributed by atoms with E-state index in [0.29, 0.717) is 12.0 Å². The van der Waals surface area contributed by atoms with Gasteiger partial charge in [-0.1, -0.05) is 0 Å². The number of rotatable bonds is 5. The number of aromatic nitrogens is 1. The molecule has 2 rings (SSSR count). The third kappa shape index (κ3) is 3.53. The molecule has 1 atom stereocenters. The van der Waals surface area contributed by atoms with Crippen molar-refractivity contribution >= 4 is 17.3 Å². The number of nitrogens with one attached hydrogen (secondary N) is 1. The minimum Gasteiger partial charge on any atom is -0.481 e. The van der Waals surface area contributed by atoms with Gasteiger partial charge in [-0.05, 0) is 45.1 Å². The zero-order valence-electron chi connectivity index (χ0n) is 10.6. The van der Waals surface area contributed by atoms with Gasteiger partial charge in [0.1, 0.15) is 0 Å². The first-order valence-electron chi connectivity index (χ1n) is 6.51. The van der Waals surface area contributed by atoms with E-state index in [0.717, 1.165) is 32.2 Å². The minimum atomic E-state index is -0.626. The van der Waals surface area contributed by atoms with Crippen LogP contribution < -0.4 is 5.32 Å². The Morgan fingerprint density at radius 1 is 1.56 bits per heavy atom. The van der Waals surface area contributed by atoms with Crippen molar-refractivity contribution in [3.8, 4) is 0 Å². The fourth-order valence-electron chi connectivity index (χ4n) is 2.50. The Kier molecular flexibility index (Phi) is 4.72. The number of hydrogen-bond acceptors (Lipinski definition) is 4. The first-order chi connectivity index (χ1) is 8.66. The van der Waals surface area contributed by atoms with Crippen molar-refractivity contribution in [1.29, 1.82) is 0 Å². The summed E-state index contributed by atoms with van der Waals surface area (Å²) in [6, 6.07) is 0.342. The van der Waals surface area contributed by atoms with Gasteiger partial charge in [0.05, 0.1) is 11.4 Å². The number of hydrogen-bond donors (Lipinski definition) is 2. The Morgan fingerprint density at radius 3 is 2.83 bits per heavy atom. The molecular weight excluding hydrogens is 248 g/mol. The van der Waals surface area contributed by atoms with Crippen molar-refractivity contribution in [2.24, 2.45) is 11.8 Å². The van der Waals surface area contributed by atoms with Crippen LogP contribution in [-0.4, -0.2) is 22.6 Å². The summed E-state index contributed by atoms with van der Waals surface area (Å²) in [5.74, 6) is -0.115. The molecular formula is C13H20N2O2S. The number of thiazole rings is 1. The standard InChI is InChI=1S/C13H20N2O2S/c1-9(12-7-14-8-18-12)15-6-10-2-4-11(5-3-10)13(16)17/h7-11,15H,2-6H2,1H3,(H,16,17). The molecule has 2 N–H and O–H groups in total. The predicted octanol–water partition coefficient (Wildman–Crippen LogP) is 2.68. The monoisotopic (exact) mass is 268 g/mol. The zero-order valence-corrected chi connectivity index (χ0v) is 11.4. The lowest BCUT2D eigenvalue weighted by Gasteiger charge is -2.27. The average Bonchev–Trinajstić information content (AvgIpc) is 2.90. The maximum absolute atomic E-state index is 10.9.